The predicted octanol–water partition coefficient (Wildman–Crippen LogP) is 0.532. The number of carboxylic acid groups (broad SMARTS) is 1. The molecule has 1 saturated heterocycles. The van der Waals surface area contributed by atoms with E-state index in [0.717, 1.165) is 13.1 Å². The zero-order valence-electron chi connectivity index (χ0n) is 9.16. The van der Waals surface area contributed by atoms with Crippen molar-refractivity contribution in [3.8, 4) is 0 Å². The van der Waals surface area contributed by atoms with E-state index in [1.807, 2.05) is 6.92 Å². The molecule has 0 amide bonds. The van der Waals surface area contributed by atoms with Crippen LogP contribution in [0.15, 0.2) is 0 Å². The number of piperazine rings is 1. The predicted molar refractivity (Wildman–Crippen MR) is 55.3 cm³/mol. The lowest BCUT2D eigenvalue weighted by molar-refractivity contribution is -0.144. The van der Waals surface area contributed by atoms with Crippen LogP contribution in [0.25, 0.3) is 0 Å². The molecule has 1 aliphatic rings. The van der Waals surface area contributed by atoms with Gasteiger partial charge in [0.25, 0.3) is 0 Å². The summed E-state index contributed by atoms with van der Waals surface area (Å²) in [5.41, 5.74) is 0. The van der Waals surface area contributed by atoms with Gasteiger partial charge in [-0.15, -0.1) is 0 Å². The van der Waals surface area contributed by atoms with E-state index in [0.29, 0.717) is 18.5 Å². The number of carbonyl (C=O) groups is 1. The van der Waals surface area contributed by atoms with Crippen LogP contribution in [0.1, 0.15) is 27.2 Å². The van der Waals surface area contributed by atoms with Crippen molar-refractivity contribution in [2.24, 2.45) is 0 Å². The minimum absolute atomic E-state index is 0.318. The summed E-state index contributed by atoms with van der Waals surface area (Å²) in [6, 6.07) is 0.446. The molecule has 0 aromatic heterocycles. The first-order chi connectivity index (χ1) is 6.54. The van der Waals surface area contributed by atoms with Crippen LogP contribution in [0.2, 0.25) is 0 Å². The molecular weight excluding hydrogens is 180 g/mol. The third kappa shape index (κ3) is 2.69. The van der Waals surface area contributed by atoms with Gasteiger partial charge < -0.3 is 10.4 Å². The Morgan fingerprint density at radius 3 is 2.36 bits per heavy atom. The molecule has 1 rings (SSSR count). The number of aliphatic carboxylic acids is 1. The molecule has 3 atom stereocenters. The van der Waals surface area contributed by atoms with Crippen LogP contribution < -0.4 is 5.32 Å². The summed E-state index contributed by atoms with van der Waals surface area (Å²) in [4.78, 5) is 13.0. The third-order valence-corrected chi connectivity index (χ3v) is 2.70. The van der Waals surface area contributed by atoms with Gasteiger partial charge >= 0.3 is 5.97 Å². The lowest BCUT2D eigenvalue weighted by Gasteiger charge is -2.39. The summed E-state index contributed by atoms with van der Waals surface area (Å²) in [7, 11) is 0. The Labute approximate surface area is 85.3 Å². The van der Waals surface area contributed by atoms with Crippen molar-refractivity contribution in [1.29, 1.82) is 0 Å². The standard InChI is InChI=1S/C10H20N2O2/c1-4-9(10(13)14)12-5-7(2)11-8(3)6-12/h7-9,11H,4-6H2,1-3H3,(H,13,14). The van der Waals surface area contributed by atoms with Crippen LogP contribution in [0.4, 0.5) is 0 Å². The molecule has 14 heavy (non-hydrogen) atoms. The van der Waals surface area contributed by atoms with Crippen LogP contribution in [0.5, 0.6) is 0 Å². The molecule has 2 N–H and O–H groups in total. The van der Waals surface area contributed by atoms with Crippen LogP contribution >= 0.6 is 0 Å². The first kappa shape index (κ1) is 11.5. The molecule has 4 heteroatoms. The molecule has 0 aromatic carbocycles. The molecule has 0 aliphatic carbocycles. The summed E-state index contributed by atoms with van der Waals surface area (Å²) in [6.07, 6.45) is 0.675. The highest BCUT2D eigenvalue weighted by Gasteiger charge is 2.29. The number of carboxylic acids is 1. The SMILES string of the molecule is CCC(C(=O)O)N1CC(C)NC(C)C1. The van der Waals surface area contributed by atoms with Crippen LogP contribution in [-0.2, 0) is 4.79 Å². The van der Waals surface area contributed by atoms with E-state index in [2.05, 4.69) is 24.1 Å². The Kier molecular flexibility index (Phi) is 3.89. The molecule has 82 valence electrons. The van der Waals surface area contributed by atoms with Gasteiger partial charge in [0.2, 0.25) is 0 Å². The quantitative estimate of drug-likeness (QED) is 0.698. The number of rotatable bonds is 3. The second kappa shape index (κ2) is 4.75. The summed E-state index contributed by atoms with van der Waals surface area (Å²) >= 11 is 0. The van der Waals surface area contributed by atoms with Gasteiger partial charge in [0.1, 0.15) is 6.04 Å². The van der Waals surface area contributed by atoms with Gasteiger partial charge in [-0.05, 0) is 20.3 Å². The van der Waals surface area contributed by atoms with Crippen LogP contribution in [0, 0.1) is 0 Å². The molecule has 4 nitrogen and oxygen atoms in total. The molecule has 0 saturated carbocycles. The maximum absolute atomic E-state index is 11.0. The fraction of sp³-hybridized carbons (Fsp3) is 0.900. The topological polar surface area (TPSA) is 52.6 Å². The second-order valence-electron chi connectivity index (χ2n) is 4.18. The van der Waals surface area contributed by atoms with Crippen LogP contribution in [-0.4, -0.2) is 47.2 Å². The maximum Gasteiger partial charge on any atom is 0.320 e. The second-order valence-corrected chi connectivity index (χ2v) is 4.18. The molecule has 3 unspecified atom stereocenters. The lowest BCUT2D eigenvalue weighted by Crippen LogP contribution is -2.58. The third-order valence-electron chi connectivity index (χ3n) is 2.70. The minimum atomic E-state index is -0.700. The summed E-state index contributed by atoms with van der Waals surface area (Å²) < 4.78 is 0. The molecule has 0 bridgehead atoms. The van der Waals surface area contributed by atoms with E-state index in [1.54, 1.807) is 0 Å². The Morgan fingerprint density at radius 2 is 2.00 bits per heavy atom. The average molecular weight is 200 g/mol. The Bertz CT molecular complexity index is 198. The van der Waals surface area contributed by atoms with Gasteiger partial charge in [-0.2, -0.15) is 0 Å². The Balaban J connectivity index is 2.61. The van der Waals surface area contributed by atoms with Crippen molar-refractivity contribution < 1.29 is 9.90 Å². The van der Waals surface area contributed by atoms with Gasteiger partial charge in [-0.3, -0.25) is 9.69 Å². The van der Waals surface area contributed by atoms with E-state index in [-0.39, 0.29) is 6.04 Å². The highest BCUT2D eigenvalue weighted by atomic mass is 16.4. The fourth-order valence-corrected chi connectivity index (χ4v) is 2.21. The maximum atomic E-state index is 11.0. The van der Waals surface area contributed by atoms with Gasteiger partial charge in [0.15, 0.2) is 0 Å². The number of hydrogen-bond acceptors (Lipinski definition) is 3. The van der Waals surface area contributed by atoms with Crippen molar-refractivity contribution >= 4 is 5.97 Å². The smallest absolute Gasteiger partial charge is 0.320 e. The number of nitrogens with one attached hydrogen (secondary N) is 1. The summed E-state index contributed by atoms with van der Waals surface area (Å²) in [5, 5.41) is 12.4. The fourth-order valence-electron chi connectivity index (χ4n) is 2.21. The molecule has 0 radical (unpaired) electrons. The zero-order valence-corrected chi connectivity index (χ0v) is 9.16. The van der Waals surface area contributed by atoms with Crippen molar-refractivity contribution in [3.05, 3.63) is 0 Å². The van der Waals surface area contributed by atoms with Crippen molar-refractivity contribution in [2.45, 2.75) is 45.3 Å². The normalized spacial score (nSPS) is 31.4. The first-order valence-corrected chi connectivity index (χ1v) is 5.27. The molecular formula is C10H20N2O2. The van der Waals surface area contributed by atoms with Gasteiger partial charge in [0.05, 0.1) is 0 Å². The van der Waals surface area contributed by atoms with Gasteiger partial charge in [-0.1, -0.05) is 6.92 Å². The van der Waals surface area contributed by atoms with E-state index in [4.69, 9.17) is 5.11 Å². The molecule has 0 spiro atoms. The molecule has 1 aliphatic heterocycles. The Hall–Kier alpha value is -0.610. The summed E-state index contributed by atoms with van der Waals surface area (Å²) in [5.74, 6) is -0.700. The van der Waals surface area contributed by atoms with Crippen molar-refractivity contribution in [2.75, 3.05) is 13.1 Å². The highest BCUT2D eigenvalue weighted by molar-refractivity contribution is 5.73. The van der Waals surface area contributed by atoms with Crippen LogP contribution in [0.3, 0.4) is 0 Å². The largest absolute Gasteiger partial charge is 0.480 e. The number of nitrogens with zero attached hydrogens (tertiary/aromatic N) is 1. The van der Waals surface area contributed by atoms with E-state index >= 15 is 0 Å². The molecule has 1 fully saturated rings. The van der Waals surface area contributed by atoms with Gasteiger partial charge in [-0.25, -0.2) is 0 Å². The first-order valence-electron chi connectivity index (χ1n) is 5.27. The van der Waals surface area contributed by atoms with Gasteiger partial charge in [0, 0.05) is 25.2 Å². The zero-order chi connectivity index (χ0) is 10.7. The minimum Gasteiger partial charge on any atom is -0.480 e. The van der Waals surface area contributed by atoms with Crippen molar-refractivity contribution in [3.63, 3.8) is 0 Å². The van der Waals surface area contributed by atoms with E-state index in [1.165, 1.54) is 0 Å². The Morgan fingerprint density at radius 1 is 1.50 bits per heavy atom. The van der Waals surface area contributed by atoms with E-state index in [9.17, 15) is 4.79 Å². The molecule has 1 heterocycles. The number of hydrogen-bond donors (Lipinski definition) is 2. The highest BCUT2D eigenvalue weighted by Crippen LogP contribution is 2.11. The monoisotopic (exact) mass is 200 g/mol. The van der Waals surface area contributed by atoms with Crippen molar-refractivity contribution in [1.82, 2.24) is 10.2 Å². The average Bonchev–Trinajstić information content (AvgIpc) is 2.02. The lowest BCUT2D eigenvalue weighted by atomic mass is 10.1. The molecule has 0 aromatic rings. The summed E-state index contributed by atoms with van der Waals surface area (Å²) in [6.45, 7) is 7.77. The van der Waals surface area contributed by atoms with E-state index < -0.39 is 5.97 Å².